The smallest absolute Gasteiger partial charge is 0.110 e. The highest BCUT2D eigenvalue weighted by Gasteiger charge is 2.27. The van der Waals surface area contributed by atoms with Crippen LogP contribution >= 0.6 is 11.3 Å². The highest BCUT2D eigenvalue weighted by Crippen LogP contribution is 2.29. The predicted molar refractivity (Wildman–Crippen MR) is 82.7 cm³/mol. The highest BCUT2D eigenvalue weighted by atomic mass is 32.1. The monoisotopic (exact) mass is 281 g/mol. The topological polar surface area (TPSA) is 28.2 Å². The molecule has 3 nitrogen and oxygen atoms in total. The number of likely N-dealkylation sites (tertiary alicyclic amines) is 1. The van der Waals surface area contributed by atoms with Crippen LogP contribution < -0.4 is 5.32 Å². The summed E-state index contributed by atoms with van der Waals surface area (Å²) in [5.41, 5.74) is 0. The molecule has 4 heteroatoms. The fourth-order valence-electron chi connectivity index (χ4n) is 2.68. The van der Waals surface area contributed by atoms with Gasteiger partial charge < -0.3 is 5.32 Å². The van der Waals surface area contributed by atoms with Crippen molar-refractivity contribution in [1.29, 1.82) is 0 Å². The number of rotatable bonds is 6. The van der Waals surface area contributed by atoms with Crippen LogP contribution in [0, 0.1) is 18.8 Å². The van der Waals surface area contributed by atoms with Gasteiger partial charge >= 0.3 is 0 Å². The van der Waals surface area contributed by atoms with Crippen LogP contribution in [0.5, 0.6) is 0 Å². The van der Waals surface area contributed by atoms with Crippen molar-refractivity contribution in [1.82, 2.24) is 15.2 Å². The van der Waals surface area contributed by atoms with E-state index in [0.29, 0.717) is 6.04 Å². The van der Waals surface area contributed by atoms with Gasteiger partial charge in [-0.15, -0.1) is 11.3 Å². The molecular formula is C15H27N3S. The fourth-order valence-corrected chi connectivity index (χ4v) is 3.54. The SMILES string of the molecule is Cc1cnc(C(C)N2CCC(CNCC(C)C)C2)s1. The molecule has 0 spiro atoms. The number of nitrogens with one attached hydrogen (secondary N) is 1. The van der Waals surface area contributed by atoms with Gasteiger partial charge in [-0.2, -0.15) is 0 Å². The first-order valence-electron chi connectivity index (χ1n) is 7.43. The molecule has 2 heterocycles. The molecule has 1 aliphatic heterocycles. The quantitative estimate of drug-likeness (QED) is 0.868. The summed E-state index contributed by atoms with van der Waals surface area (Å²) < 4.78 is 0. The van der Waals surface area contributed by atoms with Crippen LogP contribution in [0.3, 0.4) is 0 Å². The Morgan fingerprint density at radius 2 is 2.26 bits per heavy atom. The molecule has 0 aliphatic carbocycles. The van der Waals surface area contributed by atoms with Crippen LogP contribution in [0.2, 0.25) is 0 Å². The molecule has 2 rings (SSSR count). The first-order valence-corrected chi connectivity index (χ1v) is 8.25. The van der Waals surface area contributed by atoms with Gasteiger partial charge in [-0.3, -0.25) is 4.90 Å². The lowest BCUT2D eigenvalue weighted by molar-refractivity contribution is 0.251. The minimum absolute atomic E-state index is 0.480. The van der Waals surface area contributed by atoms with Crippen LogP contribution in [0.4, 0.5) is 0 Å². The summed E-state index contributed by atoms with van der Waals surface area (Å²) in [6.45, 7) is 13.7. The molecule has 1 aromatic heterocycles. The van der Waals surface area contributed by atoms with Crippen molar-refractivity contribution in [2.75, 3.05) is 26.2 Å². The standard InChI is InChI=1S/C15H27N3S/c1-11(2)7-16-9-14-5-6-18(10-14)13(4)15-17-8-12(3)19-15/h8,11,13-14,16H,5-7,9-10H2,1-4H3. The second kappa shape index (κ2) is 6.82. The maximum absolute atomic E-state index is 4.53. The molecule has 1 aromatic rings. The van der Waals surface area contributed by atoms with Crippen molar-refractivity contribution < 1.29 is 0 Å². The van der Waals surface area contributed by atoms with Gasteiger partial charge in [0.05, 0.1) is 6.04 Å². The third-order valence-corrected chi connectivity index (χ3v) is 4.93. The van der Waals surface area contributed by atoms with Crippen LogP contribution in [-0.4, -0.2) is 36.1 Å². The number of aromatic nitrogens is 1. The molecule has 108 valence electrons. The van der Waals surface area contributed by atoms with Crippen LogP contribution in [0.25, 0.3) is 0 Å². The molecular weight excluding hydrogens is 254 g/mol. The molecule has 0 aromatic carbocycles. The lowest BCUT2D eigenvalue weighted by atomic mass is 10.1. The summed E-state index contributed by atoms with van der Waals surface area (Å²) >= 11 is 1.84. The Hall–Kier alpha value is -0.450. The van der Waals surface area contributed by atoms with Gasteiger partial charge in [-0.25, -0.2) is 4.98 Å². The zero-order valence-electron chi connectivity index (χ0n) is 12.6. The summed E-state index contributed by atoms with van der Waals surface area (Å²) in [4.78, 5) is 8.43. The maximum atomic E-state index is 4.53. The average molecular weight is 281 g/mol. The molecule has 19 heavy (non-hydrogen) atoms. The largest absolute Gasteiger partial charge is 0.316 e. The Labute approximate surface area is 121 Å². The maximum Gasteiger partial charge on any atom is 0.110 e. The van der Waals surface area contributed by atoms with Crippen molar-refractivity contribution in [3.8, 4) is 0 Å². The Bertz CT molecular complexity index is 388. The zero-order valence-corrected chi connectivity index (χ0v) is 13.5. The Kier molecular flexibility index (Phi) is 5.37. The molecule has 1 aliphatic rings. The van der Waals surface area contributed by atoms with Gasteiger partial charge in [0.2, 0.25) is 0 Å². The molecule has 0 amide bonds. The highest BCUT2D eigenvalue weighted by molar-refractivity contribution is 7.11. The fraction of sp³-hybridized carbons (Fsp3) is 0.800. The molecule has 0 radical (unpaired) electrons. The van der Waals surface area contributed by atoms with E-state index in [9.17, 15) is 0 Å². The number of aryl methyl sites for hydroxylation is 1. The Morgan fingerprint density at radius 1 is 1.47 bits per heavy atom. The molecule has 0 bridgehead atoms. The van der Waals surface area contributed by atoms with Crippen LogP contribution in [0.1, 0.15) is 43.1 Å². The molecule has 1 saturated heterocycles. The van der Waals surface area contributed by atoms with E-state index in [0.717, 1.165) is 24.9 Å². The second-order valence-corrected chi connectivity index (χ2v) is 7.45. The van der Waals surface area contributed by atoms with Gasteiger partial charge in [0.1, 0.15) is 5.01 Å². The zero-order chi connectivity index (χ0) is 13.8. The first-order chi connectivity index (χ1) is 9.06. The normalized spacial score (nSPS) is 22.3. The van der Waals surface area contributed by atoms with Crippen molar-refractivity contribution >= 4 is 11.3 Å². The van der Waals surface area contributed by atoms with Gasteiger partial charge in [0.15, 0.2) is 0 Å². The predicted octanol–water partition coefficient (Wildman–Crippen LogP) is 3.08. The van der Waals surface area contributed by atoms with Crippen molar-refractivity contribution in [2.24, 2.45) is 11.8 Å². The minimum atomic E-state index is 0.480. The first kappa shape index (κ1) is 14.9. The van der Waals surface area contributed by atoms with E-state index in [2.05, 4.69) is 42.9 Å². The van der Waals surface area contributed by atoms with Gasteiger partial charge in [0.25, 0.3) is 0 Å². The van der Waals surface area contributed by atoms with E-state index >= 15 is 0 Å². The number of hydrogen-bond donors (Lipinski definition) is 1. The summed E-state index contributed by atoms with van der Waals surface area (Å²) in [7, 11) is 0. The number of nitrogens with zero attached hydrogens (tertiary/aromatic N) is 2. The molecule has 0 saturated carbocycles. The summed E-state index contributed by atoms with van der Waals surface area (Å²) in [5, 5.41) is 4.86. The van der Waals surface area contributed by atoms with E-state index < -0.39 is 0 Å². The lowest BCUT2D eigenvalue weighted by Gasteiger charge is -2.22. The molecule has 1 fully saturated rings. The Morgan fingerprint density at radius 3 is 2.89 bits per heavy atom. The summed E-state index contributed by atoms with van der Waals surface area (Å²) in [5.74, 6) is 1.55. The van der Waals surface area contributed by atoms with Gasteiger partial charge in [-0.1, -0.05) is 13.8 Å². The minimum Gasteiger partial charge on any atom is -0.316 e. The van der Waals surface area contributed by atoms with Gasteiger partial charge in [-0.05, 0) is 51.7 Å². The van der Waals surface area contributed by atoms with E-state index in [1.165, 1.54) is 29.4 Å². The molecule has 2 atom stereocenters. The molecule has 2 unspecified atom stereocenters. The third kappa shape index (κ3) is 4.26. The molecule has 1 N–H and O–H groups in total. The Balaban J connectivity index is 1.78. The van der Waals surface area contributed by atoms with Crippen LogP contribution in [0.15, 0.2) is 6.20 Å². The van der Waals surface area contributed by atoms with E-state index in [-0.39, 0.29) is 0 Å². The number of hydrogen-bond acceptors (Lipinski definition) is 4. The van der Waals surface area contributed by atoms with Gasteiger partial charge in [0, 0.05) is 17.6 Å². The average Bonchev–Trinajstić information content (AvgIpc) is 2.97. The van der Waals surface area contributed by atoms with Crippen molar-refractivity contribution in [3.05, 3.63) is 16.1 Å². The van der Waals surface area contributed by atoms with E-state index in [1.54, 1.807) is 0 Å². The third-order valence-electron chi connectivity index (χ3n) is 3.85. The lowest BCUT2D eigenvalue weighted by Crippen LogP contribution is -2.29. The summed E-state index contributed by atoms with van der Waals surface area (Å²) in [6.07, 6.45) is 3.31. The van der Waals surface area contributed by atoms with E-state index in [4.69, 9.17) is 0 Å². The van der Waals surface area contributed by atoms with Crippen LogP contribution in [-0.2, 0) is 0 Å². The van der Waals surface area contributed by atoms with Crippen molar-refractivity contribution in [3.63, 3.8) is 0 Å². The number of thiazole rings is 1. The van der Waals surface area contributed by atoms with E-state index in [1.807, 2.05) is 17.5 Å². The summed E-state index contributed by atoms with van der Waals surface area (Å²) in [6, 6.07) is 0.480. The second-order valence-electron chi connectivity index (χ2n) is 6.19. The van der Waals surface area contributed by atoms with Crippen molar-refractivity contribution in [2.45, 2.75) is 40.2 Å².